The van der Waals surface area contributed by atoms with Crippen LogP contribution in [0.15, 0.2) is 65.7 Å². The molecule has 3 atom stereocenters. The van der Waals surface area contributed by atoms with Gasteiger partial charge in [-0.15, -0.1) is 0 Å². The van der Waals surface area contributed by atoms with Crippen LogP contribution in [0.4, 0.5) is 0 Å². The minimum absolute atomic E-state index is 0.0477. The molecule has 26 heavy (non-hydrogen) atoms. The normalized spacial score (nSPS) is 23.1. The summed E-state index contributed by atoms with van der Waals surface area (Å²) in [6.07, 6.45) is 4.45. The summed E-state index contributed by atoms with van der Waals surface area (Å²) in [6, 6.07) is 20.3. The van der Waals surface area contributed by atoms with Gasteiger partial charge in [-0.05, 0) is 37.5 Å². The summed E-state index contributed by atoms with van der Waals surface area (Å²) < 4.78 is 0. The number of rotatable bonds is 3. The molecule has 0 saturated heterocycles. The van der Waals surface area contributed by atoms with Gasteiger partial charge in [-0.2, -0.15) is 0 Å². The molecule has 0 spiro atoms. The molecule has 1 aliphatic heterocycles. The van der Waals surface area contributed by atoms with Gasteiger partial charge in [0.15, 0.2) is 0 Å². The lowest BCUT2D eigenvalue weighted by Gasteiger charge is -2.32. The van der Waals surface area contributed by atoms with Gasteiger partial charge >= 0.3 is 0 Å². The van der Waals surface area contributed by atoms with E-state index in [9.17, 15) is 4.79 Å². The molecule has 1 N–H and O–H groups in total. The van der Waals surface area contributed by atoms with Crippen LogP contribution in [0.25, 0.3) is 0 Å². The standard InChI is InChI=1S/C22H25N3O/c1-16(17-10-4-2-5-11-17)23-22-24-19-14-8-9-15-20(19)25(22)21(26)18-12-6-3-7-13-18/h2-7,10-13,16,19-20H,8-9,14-15H2,1H3,(H,23,24)/t16-,19-,20-/m0/s1. The van der Waals surface area contributed by atoms with E-state index in [-0.39, 0.29) is 24.0 Å². The van der Waals surface area contributed by atoms with Crippen LogP contribution in [-0.2, 0) is 0 Å². The van der Waals surface area contributed by atoms with Gasteiger partial charge in [-0.3, -0.25) is 9.69 Å². The summed E-state index contributed by atoms with van der Waals surface area (Å²) in [5, 5.41) is 3.51. The van der Waals surface area contributed by atoms with E-state index in [1.165, 1.54) is 12.0 Å². The van der Waals surface area contributed by atoms with E-state index in [0.717, 1.165) is 30.8 Å². The molecule has 1 amide bonds. The van der Waals surface area contributed by atoms with Crippen molar-refractivity contribution in [3.8, 4) is 0 Å². The molecule has 2 aromatic carbocycles. The first-order valence-electron chi connectivity index (χ1n) is 9.52. The molecule has 0 unspecified atom stereocenters. The molecular weight excluding hydrogens is 322 g/mol. The average molecular weight is 347 g/mol. The van der Waals surface area contributed by atoms with Crippen molar-refractivity contribution in [2.24, 2.45) is 4.99 Å². The molecule has 0 aromatic heterocycles. The molecule has 1 heterocycles. The molecule has 4 nitrogen and oxygen atoms in total. The van der Waals surface area contributed by atoms with E-state index in [0.29, 0.717) is 0 Å². The highest BCUT2D eigenvalue weighted by atomic mass is 16.2. The summed E-state index contributed by atoms with van der Waals surface area (Å²) >= 11 is 0. The number of nitrogens with one attached hydrogen (secondary N) is 1. The van der Waals surface area contributed by atoms with Crippen molar-refractivity contribution < 1.29 is 4.79 Å². The first-order valence-corrected chi connectivity index (χ1v) is 9.52. The summed E-state index contributed by atoms with van der Waals surface area (Å²) in [4.78, 5) is 20.1. The van der Waals surface area contributed by atoms with Crippen molar-refractivity contribution in [1.29, 1.82) is 0 Å². The molecule has 134 valence electrons. The van der Waals surface area contributed by atoms with Gasteiger partial charge in [-0.1, -0.05) is 61.4 Å². The summed E-state index contributed by atoms with van der Waals surface area (Å²) in [6.45, 7) is 2.12. The van der Waals surface area contributed by atoms with Gasteiger partial charge in [0.05, 0.1) is 18.1 Å². The van der Waals surface area contributed by atoms with Gasteiger partial charge in [0.1, 0.15) is 0 Å². The molecule has 0 bridgehead atoms. The lowest BCUT2D eigenvalue weighted by Crippen LogP contribution is -2.49. The lowest BCUT2D eigenvalue weighted by molar-refractivity contribution is 0.0780. The van der Waals surface area contributed by atoms with E-state index >= 15 is 0 Å². The van der Waals surface area contributed by atoms with Crippen molar-refractivity contribution in [1.82, 2.24) is 10.2 Å². The topological polar surface area (TPSA) is 44.7 Å². The summed E-state index contributed by atoms with van der Waals surface area (Å²) in [7, 11) is 0. The maximum absolute atomic E-state index is 13.2. The molecule has 0 radical (unpaired) electrons. The van der Waals surface area contributed by atoms with Crippen molar-refractivity contribution in [3.05, 3.63) is 71.8 Å². The molecule has 4 heteroatoms. The van der Waals surface area contributed by atoms with Crippen LogP contribution in [-0.4, -0.2) is 28.9 Å². The van der Waals surface area contributed by atoms with E-state index in [1.54, 1.807) is 0 Å². The Labute approximate surface area is 154 Å². The number of carbonyl (C=O) groups is 1. The number of hydrogen-bond donors (Lipinski definition) is 1. The van der Waals surface area contributed by atoms with Crippen LogP contribution in [0, 0.1) is 0 Å². The van der Waals surface area contributed by atoms with Gasteiger partial charge in [0, 0.05) is 5.56 Å². The Kier molecular flexibility index (Phi) is 4.74. The molecule has 1 fully saturated rings. The number of amides is 1. The third kappa shape index (κ3) is 3.24. The largest absolute Gasteiger partial charge is 0.349 e. The Morgan fingerprint density at radius 3 is 2.42 bits per heavy atom. The quantitative estimate of drug-likeness (QED) is 0.906. The second-order valence-corrected chi connectivity index (χ2v) is 7.19. The highest BCUT2D eigenvalue weighted by Crippen LogP contribution is 2.32. The van der Waals surface area contributed by atoms with E-state index in [2.05, 4.69) is 24.4 Å². The minimum atomic E-state index is 0.0477. The van der Waals surface area contributed by atoms with Crippen LogP contribution in [0.2, 0.25) is 0 Å². The van der Waals surface area contributed by atoms with Crippen molar-refractivity contribution in [2.75, 3.05) is 0 Å². The lowest BCUT2D eigenvalue weighted by atomic mass is 9.90. The third-order valence-electron chi connectivity index (χ3n) is 5.43. The van der Waals surface area contributed by atoms with E-state index in [4.69, 9.17) is 4.99 Å². The zero-order valence-corrected chi connectivity index (χ0v) is 15.1. The first-order chi connectivity index (χ1) is 12.7. The molecule has 1 aliphatic carbocycles. The number of fused-ring (bicyclic) bond motifs is 1. The first kappa shape index (κ1) is 16.8. The Balaban J connectivity index is 1.61. The molecule has 2 aliphatic rings. The maximum atomic E-state index is 13.2. The molecule has 4 rings (SSSR count). The zero-order chi connectivity index (χ0) is 17.9. The predicted molar refractivity (Wildman–Crippen MR) is 104 cm³/mol. The number of nitrogens with zero attached hydrogens (tertiary/aromatic N) is 2. The predicted octanol–water partition coefficient (Wildman–Crippen LogP) is 4.16. The van der Waals surface area contributed by atoms with Crippen molar-refractivity contribution in [2.45, 2.75) is 50.7 Å². The fraction of sp³-hybridized carbons (Fsp3) is 0.364. The summed E-state index contributed by atoms with van der Waals surface area (Å²) in [5.74, 6) is 0.776. The highest BCUT2D eigenvalue weighted by Gasteiger charge is 2.41. The minimum Gasteiger partial charge on any atom is -0.349 e. The Hall–Kier alpha value is -2.62. The van der Waals surface area contributed by atoms with Crippen molar-refractivity contribution >= 4 is 11.9 Å². The molecule has 1 saturated carbocycles. The van der Waals surface area contributed by atoms with Gasteiger partial charge in [-0.25, -0.2) is 4.99 Å². The van der Waals surface area contributed by atoms with E-state index < -0.39 is 0 Å². The molecular formula is C22H25N3O. The number of guanidine groups is 1. The third-order valence-corrected chi connectivity index (χ3v) is 5.43. The fourth-order valence-electron chi connectivity index (χ4n) is 4.01. The highest BCUT2D eigenvalue weighted by molar-refractivity contribution is 6.07. The van der Waals surface area contributed by atoms with Crippen LogP contribution < -0.4 is 5.32 Å². The van der Waals surface area contributed by atoms with E-state index in [1.807, 2.05) is 53.4 Å². The average Bonchev–Trinajstić information content (AvgIpc) is 3.06. The zero-order valence-electron chi connectivity index (χ0n) is 15.1. The van der Waals surface area contributed by atoms with Gasteiger partial charge < -0.3 is 5.32 Å². The second-order valence-electron chi connectivity index (χ2n) is 7.19. The maximum Gasteiger partial charge on any atom is 0.260 e. The summed E-state index contributed by atoms with van der Waals surface area (Å²) in [5.41, 5.74) is 1.91. The Morgan fingerprint density at radius 1 is 1.04 bits per heavy atom. The number of aliphatic imine (C=N–C) groups is 1. The van der Waals surface area contributed by atoms with Crippen LogP contribution in [0.5, 0.6) is 0 Å². The number of carbonyl (C=O) groups excluding carboxylic acids is 1. The second kappa shape index (κ2) is 7.32. The fourth-order valence-corrected chi connectivity index (χ4v) is 4.01. The molecule has 2 aromatic rings. The number of hydrogen-bond acceptors (Lipinski definition) is 3. The van der Waals surface area contributed by atoms with Gasteiger partial charge in [0.2, 0.25) is 5.96 Å². The van der Waals surface area contributed by atoms with Crippen molar-refractivity contribution in [3.63, 3.8) is 0 Å². The van der Waals surface area contributed by atoms with Crippen LogP contribution in [0.1, 0.15) is 54.6 Å². The number of benzene rings is 2. The van der Waals surface area contributed by atoms with Crippen LogP contribution in [0.3, 0.4) is 0 Å². The Morgan fingerprint density at radius 2 is 1.69 bits per heavy atom. The Bertz CT molecular complexity index is 788. The monoisotopic (exact) mass is 347 g/mol. The smallest absolute Gasteiger partial charge is 0.260 e. The van der Waals surface area contributed by atoms with Gasteiger partial charge in [0.25, 0.3) is 5.91 Å². The van der Waals surface area contributed by atoms with Crippen LogP contribution >= 0.6 is 0 Å². The SMILES string of the molecule is C[C@H](NC1=N[C@H]2CCCC[C@@H]2N1C(=O)c1ccccc1)c1ccccc1.